The number of hydrogen-bond donors (Lipinski definition) is 0. The third-order valence-electron chi connectivity index (χ3n) is 9.97. The first kappa shape index (κ1) is 18.4. The maximum Gasteiger partial charge on any atom is 0.179 e. The highest BCUT2D eigenvalue weighted by Gasteiger charge is 2.73. The molecule has 2 saturated heterocycles. The molecule has 4 heteroatoms. The van der Waals surface area contributed by atoms with E-state index < -0.39 is 5.79 Å². The summed E-state index contributed by atoms with van der Waals surface area (Å²) in [5.41, 5.74) is 1.83. The van der Waals surface area contributed by atoms with Crippen LogP contribution in [0.5, 0.6) is 0 Å². The third-order valence-corrected chi connectivity index (χ3v) is 9.97. The number of allylic oxidation sites excluding steroid dienone is 1. The number of rotatable bonds is 0. The van der Waals surface area contributed by atoms with Gasteiger partial charge in [0, 0.05) is 6.42 Å². The van der Waals surface area contributed by atoms with Crippen LogP contribution in [-0.4, -0.2) is 38.5 Å². The molecular formula is C24H36O4. The average Bonchev–Trinajstić information content (AvgIpc) is 2.86. The van der Waals surface area contributed by atoms with Crippen molar-refractivity contribution in [1.29, 1.82) is 0 Å². The molecule has 0 aromatic heterocycles. The van der Waals surface area contributed by atoms with Crippen LogP contribution < -0.4 is 0 Å². The summed E-state index contributed by atoms with van der Waals surface area (Å²) in [5.74, 6) is 2.18. The summed E-state index contributed by atoms with van der Waals surface area (Å²) in [6.07, 6.45) is 11.2. The number of ether oxygens (including phenoxy) is 4. The van der Waals surface area contributed by atoms with Gasteiger partial charge in [-0.05, 0) is 67.6 Å². The van der Waals surface area contributed by atoms with Crippen LogP contribution in [0.4, 0.5) is 0 Å². The van der Waals surface area contributed by atoms with Gasteiger partial charge in [0.05, 0.1) is 31.8 Å². The van der Waals surface area contributed by atoms with E-state index in [1.807, 2.05) is 0 Å². The molecule has 1 spiro atoms. The summed E-state index contributed by atoms with van der Waals surface area (Å²) in [4.78, 5) is 0. The molecule has 4 aliphatic carbocycles. The molecule has 6 fully saturated rings. The lowest BCUT2D eigenvalue weighted by atomic mass is 9.43. The van der Waals surface area contributed by atoms with Crippen LogP contribution in [0.25, 0.3) is 0 Å². The van der Waals surface area contributed by atoms with Crippen molar-refractivity contribution in [2.24, 2.45) is 34.5 Å². The van der Waals surface area contributed by atoms with Crippen molar-refractivity contribution in [3.63, 3.8) is 0 Å². The molecule has 2 aliphatic heterocycles. The van der Waals surface area contributed by atoms with E-state index in [4.69, 9.17) is 25.5 Å². The Hall–Kier alpha value is -0.420. The molecule has 2 heterocycles. The van der Waals surface area contributed by atoms with Crippen molar-refractivity contribution in [3.05, 3.63) is 12.2 Å². The maximum absolute atomic E-state index is 6.52. The second-order valence-electron chi connectivity index (χ2n) is 10.7. The smallest absolute Gasteiger partial charge is 0.179 e. The summed E-state index contributed by atoms with van der Waals surface area (Å²) >= 11 is 0. The first-order valence-electron chi connectivity index (χ1n) is 11.8. The van der Waals surface area contributed by atoms with Crippen LogP contribution in [0.2, 0.25) is 0 Å². The zero-order chi connectivity index (χ0) is 19.0. The molecule has 1 unspecified atom stereocenters. The molecule has 4 nitrogen and oxygen atoms in total. The molecule has 0 aromatic rings. The molecule has 6 aliphatic rings. The SMILES string of the molecule is C=C1CC2CCCC[C@]2(C)[C@H]2CC[C@]34C5OCCOC3(CC[C@H]4[C@H]12)OCCO5. The van der Waals surface area contributed by atoms with Crippen molar-refractivity contribution < 1.29 is 18.9 Å². The fourth-order valence-electron chi connectivity index (χ4n) is 8.86. The molecule has 156 valence electrons. The molecule has 6 atom stereocenters. The largest absolute Gasteiger partial charge is 0.349 e. The van der Waals surface area contributed by atoms with Crippen molar-refractivity contribution in [2.75, 3.05) is 26.4 Å². The van der Waals surface area contributed by atoms with Gasteiger partial charge in [-0.2, -0.15) is 0 Å². The van der Waals surface area contributed by atoms with Gasteiger partial charge in [0.15, 0.2) is 12.1 Å². The highest BCUT2D eigenvalue weighted by molar-refractivity contribution is 5.24. The van der Waals surface area contributed by atoms with Gasteiger partial charge in [-0.1, -0.05) is 31.9 Å². The maximum atomic E-state index is 6.52. The van der Waals surface area contributed by atoms with E-state index in [0.717, 1.165) is 31.1 Å². The molecule has 0 N–H and O–H groups in total. The van der Waals surface area contributed by atoms with Crippen molar-refractivity contribution in [1.82, 2.24) is 0 Å². The van der Waals surface area contributed by atoms with E-state index in [1.165, 1.54) is 44.1 Å². The monoisotopic (exact) mass is 388 g/mol. The van der Waals surface area contributed by atoms with Crippen molar-refractivity contribution in [2.45, 2.75) is 76.8 Å². The minimum atomic E-state index is -0.509. The molecule has 4 saturated carbocycles. The Balaban J connectivity index is 1.44. The Morgan fingerprint density at radius 2 is 1.61 bits per heavy atom. The van der Waals surface area contributed by atoms with Crippen LogP contribution in [0.1, 0.15) is 64.7 Å². The Morgan fingerprint density at radius 3 is 2.39 bits per heavy atom. The predicted molar refractivity (Wildman–Crippen MR) is 106 cm³/mol. The van der Waals surface area contributed by atoms with Gasteiger partial charge in [-0.3, -0.25) is 0 Å². The second-order valence-corrected chi connectivity index (χ2v) is 10.7. The van der Waals surface area contributed by atoms with Crippen LogP contribution in [-0.2, 0) is 18.9 Å². The lowest BCUT2D eigenvalue weighted by molar-refractivity contribution is -0.316. The zero-order valence-corrected chi connectivity index (χ0v) is 17.4. The van der Waals surface area contributed by atoms with Crippen LogP contribution in [0, 0.1) is 34.5 Å². The molecule has 0 aromatic carbocycles. The Morgan fingerprint density at radius 1 is 0.857 bits per heavy atom. The summed E-state index contributed by atoms with van der Waals surface area (Å²) in [5, 5.41) is 0. The molecule has 6 rings (SSSR count). The van der Waals surface area contributed by atoms with Gasteiger partial charge in [-0.25, -0.2) is 0 Å². The topological polar surface area (TPSA) is 36.9 Å². The molecule has 28 heavy (non-hydrogen) atoms. The quantitative estimate of drug-likeness (QED) is 0.565. The van der Waals surface area contributed by atoms with Crippen molar-refractivity contribution >= 4 is 0 Å². The summed E-state index contributed by atoms with van der Waals surface area (Å²) in [6.45, 7) is 9.75. The van der Waals surface area contributed by atoms with Crippen LogP contribution in [0.15, 0.2) is 12.2 Å². The normalized spacial score (nSPS) is 55.9. The Kier molecular flexibility index (Phi) is 4.12. The fraction of sp³-hybridized carbons (Fsp3) is 0.917. The Labute approximate surface area is 169 Å². The molecule has 0 radical (unpaired) electrons. The number of fused-ring (bicyclic) bond motifs is 4. The minimum absolute atomic E-state index is 0.165. The highest BCUT2D eigenvalue weighted by atomic mass is 16.8. The summed E-state index contributed by atoms with van der Waals surface area (Å²) in [7, 11) is 0. The van der Waals surface area contributed by atoms with Gasteiger partial charge in [-0.15, -0.1) is 0 Å². The summed E-state index contributed by atoms with van der Waals surface area (Å²) < 4.78 is 25.7. The number of hydrogen-bond acceptors (Lipinski definition) is 4. The fourth-order valence-corrected chi connectivity index (χ4v) is 8.86. The first-order chi connectivity index (χ1) is 13.6. The first-order valence-corrected chi connectivity index (χ1v) is 11.8. The van der Waals surface area contributed by atoms with Gasteiger partial charge < -0.3 is 18.9 Å². The van der Waals surface area contributed by atoms with Gasteiger partial charge in [0.1, 0.15) is 0 Å². The zero-order valence-electron chi connectivity index (χ0n) is 17.4. The molecule has 2 bridgehead atoms. The Bertz CT molecular complexity index is 649. The van der Waals surface area contributed by atoms with Crippen molar-refractivity contribution in [3.8, 4) is 0 Å². The summed E-state index contributed by atoms with van der Waals surface area (Å²) in [6, 6.07) is 0. The van der Waals surface area contributed by atoms with E-state index in [9.17, 15) is 0 Å². The lowest BCUT2D eigenvalue weighted by Crippen LogP contribution is -2.62. The predicted octanol–water partition coefficient (Wildman–Crippen LogP) is 4.68. The lowest BCUT2D eigenvalue weighted by Gasteiger charge is -2.62. The highest BCUT2D eigenvalue weighted by Crippen LogP contribution is 2.71. The van der Waals surface area contributed by atoms with Gasteiger partial charge in [0.2, 0.25) is 0 Å². The van der Waals surface area contributed by atoms with E-state index >= 15 is 0 Å². The standard InChI is InChI=1S/C24H36O4/c1-16-15-17-5-3-4-8-22(17,2)18-6-9-23-19(20(16)18)7-10-24(23)27-13-11-25-21(23)26-12-14-28-24/h17-21H,1,3-15H2,2H3/t17?,18-,19-,20+,21?,22-,23-,24?/m0/s1. The van der Waals surface area contributed by atoms with E-state index in [2.05, 4.69) is 6.92 Å². The average molecular weight is 389 g/mol. The van der Waals surface area contributed by atoms with Gasteiger partial charge in [0.25, 0.3) is 0 Å². The minimum Gasteiger partial charge on any atom is -0.349 e. The van der Waals surface area contributed by atoms with Gasteiger partial charge >= 0.3 is 0 Å². The van der Waals surface area contributed by atoms with Crippen LogP contribution >= 0.6 is 0 Å². The van der Waals surface area contributed by atoms with E-state index in [-0.39, 0.29) is 11.7 Å². The molecule has 0 amide bonds. The van der Waals surface area contributed by atoms with E-state index in [0.29, 0.717) is 43.7 Å². The van der Waals surface area contributed by atoms with Crippen LogP contribution in [0.3, 0.4) is 0 Å². The van der Waals surface area contributed by atoms with E-state index in [1.54, 1.807) is 0 Å². The molecular weight excluding hydrogens is 352 g/mol. The second kappa shape index (κ2) is 6.29. The third kappa shape index (κ3) is 2.16.